The van der Waals surface area contributed by atoms with Gasteiger partial charge in [0.25, 0.3) is 0 Å². The Kier molecular flexibility index (Phi) is 2.83. The fraction of sp³-hybridized carbons (Fsp3) is 0. The summed E-state index contributed by atoms with van der Waals surface area (Å²) >= 11 is 0. The van der Waals surface area contributed by atoms with Crippen LogP contribution in [0.25, 0.3) is 22.4 Å². The summed E-state index contributed by atoms with van der Waals surface area (Å²) in [5.74, 6) is 0.335. The topological polar surface area (TPSA) is 52.5 Å². The number of aromatic nitrogens is 2. The Labute approximate surface area is 111 Å². The van der Waals surface area contributed by atoms with Gasteiger partial charge >= 0.3 is 0 Å². The van der Waals surface area contributed by atoms with Crippen molar-refractivity contribution in [2.24, 2.45) is 0 Å². The van der Waals surface area contributed by atoms with E-state index in [1.165, 1.54) is 11.1 Å². The van der Waals surface area contributed by atoms with Gasteiger partial charge in [-0.15, -0.1) is 0 Å². The van der Waals surface area contributed by atoms with E-state index in [9.17, 15) is 0 Å². The van der Waals surface area contributed by atoms with Crippen LogP contribution in [-0.2, 0) is 0 Å². The predicted octanol–water partition coefficient (Wildman–Crippen LogP) is 3.62. The first-order valence-electron chi connectivity index (χ1n) is 5.98. The number of hydrogen-bond acceptors (Lipinski definition) is 2. The molecule has 0 aliphatic carbocycles. The van der Waals surface area contributed by atoms with Gasteiger partial charge in [-0.05, 0) is 16.7 Å². The molecule has 90 valence electrons. The Morgan fingerprint density at radius 2 is 1.47 bits per heavy atom. The van der Waals surface area contributed by atoms with Gasteiger partial charge in [-0.2, -0.15) is 5.26 Å². The van der Waals surface area contributed by atoms with E-state index in [1.807, 2.05) is 36.4 Å². The highest BCUT2D eigenvalue weighted by Gasteiger charge is 2.03. The lowest BCUT2D eigenvalue weighted by atomic mass is 10.0. The molecule has 19 heavy (non-hydrogen) atoms. The van der Waals surface area contributed by atoms with Gasteiger partial charge in [-0.1, -0.05) is 54.6 Å². The van der Waals surface area contributed by atoms with E-state index in [0.717, 1.165) is 11.3 Å². The number of nitrogens with one attached hydrogen (secondary N) is 1. The molecule has 1 heterocycles. The predicted molar refractivity (Wildman–Crippen MR) is 74.2 cm³/mol. The zero-order valence-corrected chi connectivity index (χ0v) is 10.2. The molecule has 0 unspecified atom stereocenters. The van der Waals surface area contributed by atoms with Gasteiger partial charge in [0.05, 0.1) is 11.9 Å². The average Bonchev–Trinajstić information content (AvgIpc) is 2.97. The minimum atomic E-state index is 0.335. The van der Waals surface area contributed by atoms with Crippen molar-refractivity contribution in [2.45, 2.75) is 0 Å². The molecule has 0 aliphatic rings. The summed E-state index contributed by atoms with van der Waals surface area (Å²) in [7, 11) is 0. The monoisotopic (exact) mass is 245 g/mol. The van der Waals surface area contributed by atoms with Crippen LogP contribution in [0.4, 0.5) is 0 Å². The highest BCUT2D eigenvalue weighted by atomic mass is 14.9. The Balaban J connectivity index is 1.93. The first-order chi connectivity index (χ1) is 9.36. The molecular weight excluding hydrogens is 234 g/mol. The van der Waals surface area contributed by atoms with E-state index in [0.29, 0.717) is 5.82 Å². The van der Waals surface area contributed by atoms with E-state index < -0.39 is 0 Å². The van der Waals surface area contributed by atoms with Crippen LogP contribution in [0.5, 0.6) is 0 Å². The molecule has 0 atom stereocenters. The number of benzene rings is 2. The molecule has 1 N–H and O–H groups in total. The maximum Gasteiger partial charge on any atom is 0.210 e. The molecule has 3 heteroatoms. The van der Waals surface area contributed by atoms with Gasteiger partial charge in [0.15, 0.2) is 0 Å². The quantitative estimate of drug-likeness (QED) is 0.749. The van der Waals surface area contributed by atoms with E-state index in [2.05, 4.69) is 34.2 Å². The standard InChI is InChI=1S/C16H11N3/c17-10-16-18-11-15(19-16)14-8-6-13(7-9-14)12-4-2-1-3-5-12/h1-9,11H,(H,18,19). The van der Waals surface area contributed by atoms with Crippen molar-refractivity contribution in [3.8, 4) is 28.5 Å². The summed E-state index contributed by atoms with van der Waals surface area (Å²) in [4.78, 5) is 6.94. The summed E-state index contributed by atoms with van der Waals surface area (Å²) < 4.78 is 0. The molecule has 0 radical (unpaired) electrons. The third-order valence-electron chi connectivity index (χ3n) is 2.98. The van der Waals surface area contributed by atoms with Gasteiger partial charge in [0.1, 0.15) is 6.07 Å². The minimum Gasteiger partial charge on any atom is -0.329 e. The van der Waals surface area contributed by atoms with Crippen LogP contribution >= 0.6 is 0 Å². The van der Waals surface area contributed by atoms with Gasteiger partial charge < -0.3 is 4.98 Å². The number of H-pyrrole nitrogens is 1. The van der Waals surface area contributed by atoms with Crippen molar-refractivity contribution >= 4 is 0 Å². The van der Waals surface area contributed by atoms with Gasteiger partial charge in [0, 0.05) is 0 Å². The SMILES string of the molecule is N#Cc1ncc(-c2ccc(-c3ccccc3)cc2)[nH]1. The fourth-order valence-corrected chi connectivity index (χ4v) is 2.00. The molecule has 0 bridgehead atoms. The van der Waals surface area contributed by atoms with Crippen LogP contribution < -0.4 is 0 Å². The fourth-order valence-electron chi connectivity index (χ4n) is 2.00. The lowest BCUT2D eigenvalue weighted by molar-refractivity contribution is 1.23. The lowest BCUT2D eigenvalue weighted by Crippen LogP contribution is -1.81. The summed E-state index contributed by atoms with van der Waals surface area (Å²) in [5.41, 5.74) is 4.24. The molecule has 0 saturated carbocycles. The maximum atomic E-state index is 8.75. The highest BCUT2D eigenvalue weighted by Crippen LogP contribution is 2.23. The van der Waals surface area contributed by atoms with Crippen molar-refractivity contribution in [3.05, 3.63) is 66.6 Å². The molecule has 0 aliphatic heterocycles. The van der Waals surface area contributed by atoms with Crippen LogP contribution in [-0.4, -0.2) is 9.97 Å². The number of rotatable bonds is 2. The molecule has 0 fully saturated rings. The van der Waals surface area contributed by atoms with Crippen LogP contribution in [0.15, 0.2) is 60.8 Å². The molecule has 3 nitrogen and oxygen atoms in total. The number of nitriles is 1. The number of hydrogen-bond donors (Lipinski definition) is 1. The molecule has 0 saturated heterocycles. The number of imidazole rings is 1. The smallest absolute Gasteiger partial charge is 0.210 e. The Morgan fingerprint density at radius 3 is 2.11 bits per heavy atom. The largest absolute Gasteiger partial charge is 0.329 e. The van der Waals surface area contributed by atoms with E-state index in [4.69, 9.17) is 5.26 Å². The summed E-state index contributed by atoms with van der Waals surface area (Å²) in [6.07, 6.45) is 1.68. The first-order valence-corrected chi connectivity index (χ1v) is 5.98. The molecule has 0 spiro atoms. The van der Waals surface area contributed by atoms with E-state index >= 15 is 0 Å². The molecule has 2 aromatic carbocycles. The van der Waals surface area contributed by atoms with E-state index in [1.54, 1.807) is 6.20 Å². The van der Waals surface area contributed by atoms with Gasteiger partial charge in [-0.3, -0.25) is 0 Å². The second-order valence-electron chi connectivity index (χ2n) is 4.20. The van der Waals surface area contributed by atoms with Crippen LogP contribution in [0, 0.1) is 11.3 Å². The summed E-state index contributed by atoms with van der Waals surface area (Å²) in [6, 6.07) is 20.4. The highest BCUT2D eigenvalue weighted by molar-refractivity contribution is 5.68. The van der Waals surface area contributed by atoms with Crippen molar-refractivity contribution < 1.29 is 0 Å². The Morgan fingerprint density at radius 1 is 0.842 bits per heavy atom. The second-order valence-corrected chi connectivity index (χ2v) is 4.20. The van der Waals surface area contributed by atoms with E-state index in [-0.39, 0.29) is 0 Å². The van der Waals surface area contributed by atoms with Gasteiger partial charge in [-0.25, -0.2) is 4.98 Å². The van der Waals surface area contributed by atoms with Crippen molar-refractivity contribution in [2.75, 3.05) is 0 Å². The van der Waals surface area contributed by atoms with Crippen molar-refractivity contribution in [3.63, 3.8) is 0 Å². The summed E-state index contributed by atoms with van der Waals surface area (Å²) in [6.45, 7) is 0. The zero-order chi connectivity index (χ0) is 13.1. The van der Waals surface area contributed by atoms with Crippen LogP contribution in [0.2, 0.25) is 0 Å². The molecule has 0 amide bonds. The second kappa shape index (κ2) is 4.79. The maximum absolute atomic E-state index is 8.75. The van der Waals surface area contributed by atoms with Crippen molar-refractivity contribution in [1.82, 2.24) is 9.97 Å². The summed E-state index contributed by atoms with van der Waals surface area (Å²) in [5, 5.41) is 8.75. The van der Waals surface area contributed by atoms with Gasteiger partial charge in [0.2, 0.25) is 5.82 Å². The molecule has 1 aromatic heterocycles. The Bertz CT molecular complexity index is 719. The average molecular weight is 245 g/mol. The Hall–Kier alpha value is -2.86. The lowest BCUT2D eigenvalue weighted by Gasteiger charge is -2.02. The van der Waals surface area contributed by atoms with Crippen LogP contribution in [0.3, 0.4) is 0 Å². The third-order valence-corrected chi connectivity index (χ3v) is 2.98. The minimum absolute atomic E-state index is 0.335. The molecular formula is C16H11N3. The first kappa shape index (κ1) is 11.2. The molecule has 3 rings (SSSR count). The third kappa shape index (κ3) is 2.24. The normalized spacial score (nSPS) is 10.1. The van der Waals surface area contributed by atoms with Crippen LogP contribution in [0.1, 0.15) is 5.82 Å². The zero-order valence-electron chi connectivity index (χ0n) is 10.2. The number of aromatic amines is 1. The number of nitrogens with zero attached hydrogens (tertiary/aromatic N) is 2. The van der Waals surface area contributed by atoms with Crippen molar-refractivity contribution in [1.29, 1.82) is 5.26 Å². The molecule has 3 aromatic rings.